The molecule has 0 aliphatic carbocycles. The molecule has 1 aliphatic heterocycles. The van der Waals surface area contributed by atoms with Crippen molar-refractivity contribution >= 4 is 33.2 Å². The summed E-state index contributed by atoms with van der Waals surface area (Å²) in [5.41, 5.74) is 8.55. The number of rotatable bonds is 2. The number of carbonyl (C=O) groups excluding carboxylic acids is 1. The first-order valence-corrected chi connectivity index (χ1v) is 6.96. The predicted molar refractivity (Wildman–Crippen MR) is 79.8 cm³/mol. The number of halogens is 2. The van der Waals surface area contributed by atoms with Crippen LogP contribution in [0.1, 0.15) is 11.1 Å². The van der Waals surface area contributed by atoms with Crippen LogP contribution in [0.5, 0.6) is 0 Å². The summed E-state index contributed by atoms with van der Waals surface area (Å²) >= 11 is 3.22. The van der Waals surface area contributed by atoms with Crippen molar-refractivity contribution in [3.05, 3.63) is 57.8 Å². The Balaban J connectivity index is 1.94. The van der Waals surface area contributed by atoms with Crippen LogP contribution in [0, 0.1) is 5.82 Å². The van der Waals surface area contributed by atoms with Crippen LogP contribution in [0.25, 0.3) is 0 Å². The molecule has 2 aromatic carbocycles. The second kappa shape index (κ2) is 4.90. The summed E-state index contributed by atoms with van der Waals surface area (Å²) in [5.74, 6) is -0.357. The first-order chi connectivity index (χ1) is 9.54. The lowest BCUT2D eigenvalue weighted by Gasteiger charge is -2.18. The summed E-state index contributed by atoms with van der Waals surface area (Å²) in [6.45, 7) is 0.231. The Morgan fingerprint density at radius 1 is 1.25 bits per heavy atom. The minimum Gasteiger partial charge on any atom is -0.399 e. The van der Waals surface area contributed by atoms with E-state index in [1.165, 1.54) is 6.07 Å². The summed E-state index contributed by atoms with van der Waals surface area (Å²) in [6, 6.07) is 10.2. The fourth-order valence-corrected chi connectivity index (χ4v) is 2.73. The van der Waals surface area contributed by atoms with Crippen LogP contribution in [0.3, 0.4) is 0 Å². The van der Waals surface area contributed by atoms with E-state index in [0.29, 0.717) is 22.1 Å². The second-order valence-electron chi connectivity index (χ2n) is 4.78. The van der Waals surface area contributed by atoms with Gasteiger partial charge in [-0.3, -0.25) is 4.79 Å². The van der Waals surface area contributed by atoms with Gasteiger partial charge in [-0.15, -0.1) is 0 Å². The maximum atomic E-state index is 13.9. The van der Waals surface area contributed by atoms with Gasteiger partial charge in [0, 0.05) is 21.4 Å². The van der Waals surface area contributed by atoms with E-state index in [0.717, 1.165) is 11.3 Å². The molecular weight excluding hydrogens is 323 g/mol. The Morgan fingerprint density at radius 2 is 2.05 bits per heavy atom. The van der Waals surface area contributed by atoms with Gasteiger partial charge in [-0.05, 0) is 35.9 Å². The van der Waals surface area contributed by atoms with Crippen molar-refractivity contribution < 1.29 is 9.18 Å². The Labute approximate surface area is 124 Å². The van der Waals surface area contributed by atoms with Crippen LogP contribution >= 0.6 is 15.9 Å². The van der Waals surface area contributed by atoms with Crippen molar-refractivity contribution in [2.24, 2.45) is 0 Å². The molecule has 20 heavy (non-hydrogen) atoms. The molecule has 0 unspecified atom stereocenters. The van der Waals surface area contributed by atoms with E-state index in [1.54, 1.807) is 29.2 Å². The normalized spacial score (nSPS) is 13.7. The number of fused-ring (bicyclic) bond motifs is 1. The fourth-order valence-electron chi connectivity index (χ4n) is 2.40. The minimum atomic E-state index is -0.323. The third-order valence-electron chi connectivity index (χ3n) is 3.38. The van der Waals surface area contributed by atoms with E-state index in [2.05, 4.69) is 15.9 Å². The lowest BCUT2D eigenvalue weighted by atomic mass is 10.1. The molecule has 1 heterocycles. The van der Waals surface area contributed by atoms with Gasteiger partial charge >= 0.3 is 0 Å². The Kier molecular flexibility index (Phi) is 3.22. The summed E-state index contributed by atoms with van der Waals surface area (Å²) in [7, 11) is 0. The lowest BCUT2D eigenvalue weighted by Crippen LogP contribution is -2.26. The van der Waals surface area contributed by atoms with Crippen LogP contribution in [-0.2, 0) is 17.8 Å². The van der Waals surface area contributed by atoms with Crippen LogP contribution in [0.4, 0.5) is 15.8 Å². The van der Waals surface area contributed by atoms with Crippen molar-refractivity contribution in [2.75, 3.05) is 10.6 Å². The molecule has 0 spiro atoms. The van der Waals surface area contributed by atoms with Crippen LogP contribution in [0.2, 0.25) is 0 Å². The van der Waals surface area contributed by atoms with Gasteiger partial charge in [-0.25, -0.2) is 4.39 Å². The number of benzene rings is 2. The van der Waals surface area contributed by atoms with Gasteiger partial charge in [0.2, 0.25) is 5.91 Å². The van der Waals surface area contributed by atoms with Crippen molar-refractivity contribution in [2.45, 2.75) is 13.0 Å². The molecule has 2 N–H and O–H groups in total. The molecule has 0 radical (unpaired) electrons. The molecule has 1 aliphatic rings. The van der Waals surface area contributed by atoms with E-state index in [9.17, 15) is 9.18 Å². The van der Waals surface area contributed by atoms with E-state index in [1.807, 2.05) is 6.07 Å². The molecule has 2 aromatic rings. The first kappa shape index (κ1) is 13.1. The zero-order valence-electron chi connectivity index (χ0n) is 10.6. The first-order valence-electron chi connectivity index (χ1n) is 6.17. The fraction of sp³-hybridized carbons (Fsp3) is 0.133. The average Bonchev–Trinajstić information content (AvgIpc) is 2.68. The summed E-state index contributed by atoms with van der Waals surface area (Å²) in [5, 5.41) is 0. The van der Waals surface area contributed by atoms with Crippen molar-refractivity contribution in [1.29, 1.82) is 0 Å². The molecule has 0 atom stereocenters. The molecule has 0 aromatic heterocycles. The number of nitrogen functional groups attached to an aromatic ring is 1. The maximum Gasteiger partial charge on any atom is 0.231 e. The van der Waals surface area contributed by atoms with Crippen molar-refractivity contribution in [1.82, 2.24) is 0 Å². The molecule has 102 valence electrons. The molecule has 3 rings (SSSR count). The van der Waals surface area contributed by atoms with Crippen LogP contribution in [0.15, 0.2) is 40.9 Å². The Morgan fingerprint density at radius 3 is 2.80 bits per heavy atom. The number of amides is 1. The van der Waals surface area contributed by atoms with Gasteiger partial charge in [0.1, 0.15) is 5.82 Å². The lowest BCUT2D eigenvalue weighted by molar-refractivity contribution is -0.117. The zero-order valence-corrected chi connectivity index (χ0v) is 12.2. The van der Waals surface area contributed by atoms with E-state index >= 15 is 0 Å². The number of anilines is 2. The van der Waals surface area contributed by atoms with Gasteiger partial charge in [0.05, 0.1) is 13.0 Å². The second-order valence-corrected chi connectivity index (χ2v) is 5.70. The summed E-state index contributed by atoms with van der Waals surface area (Å²) in [4.78, 5) is 13.7. The molecular formula is C15H12BrFN2O. The predicted octanol–water partition coefficient (Wildman–Crippen LogP) is 3.26. The molecule has 0 saturated heterocycles. The topological polar surface area (TPSA) is 46.3 Å². The number of nitrogens with zero attached hydrogens (tertiary/aromatic N) is 1. The number of nitrogens with two attached hydrogens (primary N) is 1. The monoisotopic (exact) mass is 334 g/mol. The smallest absolute Gasteiger partial charge is 0.231 e. The zero-order chi connectivity index (χ0) is 14.3. The van der Waals surface area contributed by atoms with Crippen molar-refractivity contribution in [3.63, 3.8) is 0 Å². The highest BCUT2D eigenvalue weighted by molar-refractivity contribution is 9.10. The third kappa shape index (κ3) is 2.29. The van der Waals surface area contributed by atoms with Crippen LogP contribution in [-0.4, -0.2) is 5.91 Å². The molecule has 1 amide bonds. The van der Waals surface area contributed by atoms with Gasteiger partial charge in [0.15, 0.2) is 0 Å². The van der Waals surface area contributed by atoms with E-state index < -0.39 is 0 Å². The van der Waals surface area contributed by atoms with Gasteiger partial charge in [0.25, 0.3) is 0 Å². The Bertz CT molecular complexity index is 702. The largest absolute Gasteiger partial charge is 0.399 e. The quantitative estimate of drug-likeness (QED) is 0.857. The van der Waals surface area contributed by atoms with Gasteiger partial charge in [-0.1, -0.05) is 22.0 Å². The molecule has 0 fully saturated rings. The molecule has 3 nitrogen and oxygen atoms in total. The standard InChI is InChI=1S/C15H12BrFN2O/c16-11-2-1-9(13(17)7-11)8-19-14-4-3-12(18)5-10(14)6-15(19)20/h1-5,7H,6,8,18H2. The molecule has 0 saturated carbocycles. The van der Waals surface area contributed by atoms with Crippen LogP contribution < -0.4 is 10.6 Å². The number of hydrogen-bond donors (Lipinski definition) is 1. The number of carbonyl (C=O) groups is 1. The highest BCUT2D eigenvalue weighted by atomic mass is 79.9. The molecule has 0 bridgehead atoms. The third-order valence-corrected chi connectivity index (χ3v) is 3.87. The maximum absolute atomic E-state index is 13.9. The van der Waals surface area contributed by atoms with E-state index in [4.69, 9.17) is 5.73 Å². The van der Waals surface area contributed by atoms with Gasteiger partial charge in [-0.2, -0.15) is 0 Å². The SMILES string of the molecule is Nc1ccc2c(c1)CC(=O)N2Cc1ccc(Br)cc1F. The highest BCUT2D eigenvalue weighted by Crippen LogP contribution is 2.32. The van der Waals surface area contributed by atoms with E-state index in [-0.39, 0.29) is 18.3 Å². The minimum absolute atomic E-state index is 0.0343. The van der Waals surface area contributed by atoms with Crippen molar-refractivity contribution in [3.8, 4) is 0 Å². The highest BCUT2D eigenvalue weighted by Gasteiger charge is 2.27. The summed E-state index contributed by atoms with van der Waals surface area (Å²) < 4.78 is 14.6. The van der Waals surface area contributed by atoms with Gasteiger partial charge < -0.3 is 10.6 Å². The number of hydrogen-bond acceptors (Lipinski definition) is 2. The molecule has 5 heteroatoms. The Hall–Kier alpha value is -1.88. The summed E-state index contributed by atoms with van der Waals surface area (Å²) in [6.07, 6.45) is 0.318. The average molecular weight is 335 g/mol.